The number of nitrogens with zero attached hydrogens (tertiary/aromatic N) is 1. The van der Waals surface area contributed by atoms with Crippen molar-refractivity contribution in [2.45, 2.75) is 32.2 Å². The maximum atomic E-state index is 11.6. The quantitative estimate of drug-likeness (QED) is 0.866. The first kappa shape index (κ1) is 14.3. The lowest BCUT2D eigenvalue weighted by molar-refractivity contribution is -0.149. The molecule has 3 nitrogen and oxygen atoms in total. The Hall–Kier alpha value is -1.61. The third-order valence-electron chi connectivity index (χ3n) is 5.04. The normalized spacial score (nSPS) is 29.6. The summed E-state index contributed by atoms with van der Waals surface area (Å²) in [6, 6.07) is 10.5. The molecular formula is C18H23NO2. The van der Waals surface area contributed by atoms with Crippen LogP contribution in [0.1, 0.15) is 31.2 Å². The third kappa shape index (κ3) is 3.03. The number of carbonyl (C=O) groups is 1. The average molecular weight is 285 g/mol. The van der Waals surface area contributed by atoms with Gasteiger partial charge in [0.2, 0.25) is 0 Å². The van der Waals surface area contributed by atoms with Crippen LogP contribution in [0, 0.1) is 11.3 Å². The van der Waals surface area contributed by atoms with E-state index in [1.54, 1.807) is 0 Å². The van der Waals surface area contributed by atoms with E-state index < -0.39 is 5.97 Å². The number of carboxylic acids is 1. The Labute approximate surface area is 126 Å². The molecule has 1 heterocycles. The Balaban J connectivity index is 1.75. The van der Waals surface area contributed by atoms with Crippen molar-refractivity contribution in [3.63, 3.8) is 0 Å². The van der Waals surface area contributed by atoms with E-state index in [0.29, 0.717) is 6.42 Å². The van der Waals surface area contributed by atoms with Crippen LogP contribution < -0.4 is 0 Å². The minimum atomic E-state index is -0.624. The second-order valence-electron chi connectivity index (χ2n) is 6.46. The molecule has 3 heteroatoms. The second kappa shape index (κ2) is 6.02. The van der Waals surface area contributed by atoms with Crippen LogP contribution in [0.25, 0.3) is 0 Å². The van der Waals surface area contributed by atoms with E-state index in [9.17, 15) is 9.90 Å². The van der Waals surface area contributed by atoms with E-state index in [-0.39, 0.29) is 11.3 Å². The molecule has 2 aliphatic rings. The van der Waals surface area contributed by atoms with Crippen molar-refractivity contribution in [1.29, 1.82) is 0 Å². The molecule has 0 saturated carbocycles. The molecule has 1 aliphatic carbocycles. The van der Waals surface area contributed by atoms with Crippen LogP contribution in [-0.2, 0) is 11.3 Å². The summed E-state index contributed by atoms with van der Waals surface area (Å²) in [6.45, 7) is 2.91. The van der Waals surface area contributed by atoms with Gasteiger partial charge in [0.25, 0.3) is 0 Å². The Morgan fingerprint density at radius 1 is 1.29 bits per heavy atom. The number of rotatable bonds is 3. The van der Waals surface area contributed by atoms with Crippen molar-refractivity contribution in [2.75, 3.05) is 13.1 Å². The first-order valence-corrected chi connectivity index (χ1v) is 7.84. The Morgan fingerprint density at radius 3 is 2.86 bits per heavy atom. The first-order valence-electron chi connectivity index (χ1n) is 7.84. The summed E-state index contributed by atoms with van der Waals surface area (Å²) in [7, 11) is 0. The minimum Gasteiger partial charge on any atom is -0.481 e. The number of aliphatic carboxylic acids is 1. The molecule has 1 spiro atoms. The van der Waals surface area contributed by atoms with Gasteiger partial charge in [-0.25, -0.2) is 0 Å². The molecule has 1 fully saturated rings. The zero-order chi connectivity index (χ0) is 14.7. The van der Waals surface area contributed by atoms with E-state index in [4.69, 9.17) is 0 Å². The molecule has 0 amide bonds. The van der Waals surface area contributed by atoms with Gasteiger partial charge in [0.1, 0.15) is 0 Å². The summed E-state index contributed by atoms with van der Waals surface area (Å²) >= 11 is 0. The van der Waals surface area contributed by atoms with Gasteiger partial charge in [-0.2, -0.15) is 0 Å². The number of likely N-dealkylation sites (tertiary alicyclic amines) is 1. The molecule has 0 aromatic heterocycles. The molecule has 0 radical (unpaired) electrons. The largest absolute Gasteiger partial charge is 0.481 e. The summed E-state index contributed by atoms with van der Waals surface area (Å²) in [5.41, 5.74) is 1.25. The Bertz CT molecular complexity index is 525. The molecule has 1 saturated heterocycles. The maximum absolute atomic E-state index is 11.6. The van der Waals surface area contributed by atoms with Crippen molar-refractivity contribution in [1.82, 2.24) is 4.90 Å². The molecule has 1 aromatic carbocycles. The van der Waals surface area contributed by atoms with Gasteiger partial charge >= 0.3 is 5.97 Å². The number of piperidine rings is 1. The van der Waals surface area contributed by atoms with Crippen LogP contribution >= 0.6 is 0 Å². The fourth-order valence-electron chi connectivity index (χ4n) is 3.99. The number of benzene rings is 1. The minimum absolute atomic E-state index is 0.0619. The van der Waals surface area contributed by atoms with Crippen LogP contribution in [0.5, 0.6) is 0 Å². The lowest BCUT2D eigenvalue weighted by Crippen LogP contribution is -2.49. The molecule has 3 rings (SSSR count). The van der Waals surface area contributed by atoms with Crippen LogP contribution in [0.15, 0.2) is 42.5 Å². The van der Waals surface area contributed by atoms with Gasteiger partial charge in [-0.1, -0.05) is 42.5 Å². The highest BCUT2D eigenvalue weighted by atomic mass is 16.4. The van der Waals surface area contributed by atoms with Gasteiger partial charge in [-0.05, 0) is 37.8 Å². The van der Waals surface area contributed by atoms with E-state index in [0.717, 1.165) is 38.9 Å². The molecule has 1 aliphatic heterocycles. The highest BCUT2D eigenvalue weighted by Crippen LogP contribution is 2.45. The van der Waals surface area contributed by atoms with E-state index in [1.165, 1.54) is 5.56 Å². The molecular weight excluding hydrogens is 262 g/mol. The first-order chi connectivity index (χ1) is 10.2. The molecule has 1 aromatic rings. The fourth-order valence-corrected chi connectivity index (χ4v) is 3.99. The third-order valence-corrected chi connectivity index (χ3v) is 5.04. The van der Waals surface area contributed by atoms with Gasteiger partial charge in [0.15, 0.2) is 0 Å². The van der Waals surface area contributed by atoms with E-state index in [1.807, 2.05) is 12.1 Å². The topological polar surface area (TPSA) is 40.5 Å². The predicted molar refractivity (Wildman–Crippen MR) is 82.9 cm³/mol. The van der Waals surface area contributed by atoms with Crippen molar-refractivity contribution < 1.29 is 9.90 Å². The lowest BCUT2D eigenvalue weighted by atomic mass is 9.64. The standard InChI is InChI=1S/C18H23NO2/c20-17(21)16-9-4-5-10-18(16)11-6-12-19(14-18)13-15-7-2-1-3-8-15/h1-5,7-8,16H,6,9-14H2,(H,20,21)/t16-,18-/m0/s1. The Kier molecular flexibility index (Phi) is 4.11. The fraction of sp³-hybridized carbons (Fsp3) is 0.500. The second-order valence-corrected chi connectivity index (χ2v) is 6.46. The molecule has 0 bridgehead atoms. The number of hydrogen-bond acceptors (Lipinski definition) is 2. The molecule has 0 unspecified atom stereocenters. The van der Waals surface area contributed by atoms with Gasteiger partial charge in [0.05, 0.1) is 5.92 Å². The lowest BCUT2D eigenvalue weighted by Gasteiger charge is -2.47. The summed E-state index contributed by atoms with van der Waals surface area (Å²) in [6.07, 6.45) is 7.97. The van der Waals surface area contributed by atoms with Gasteiger partial charge in [0, 0.05) is 18.5 Å². The smallest absolute Gasteiger partial charge is 0.307 e. The molecule has 112 valence electrons. The van der Waals surface area contributed by atoms with Crippen LogP contribution in [0.3, 0.4) is 0 Å². The predicted octanol–water partition coefficient (Wildman–Crippen LogP) is 3.32. The highest BCUT2D eigenvalue weighted by molar-refractivity contribution is 5.71. The van der Waals surface area contributed by atoms with Crippen molar-refractivity contribution in [3.8, 4) is 0 Å². The monoisotopic (exact) mass is 285 g/mol. The van der Waals surface area contributed by atoms with Gasteiger partial charge < -0.3 is 5.11 Å². The maximum Gasteiger partial charge on any atom is 0.307 e. The summed E-state index contributed by atoms with van der Waals surface area (Å²) < 4.78 is 0. The van der Waals surface area contributed by atoms with E-state index >= 15 is 0 Å². The van der Waals surface area contributed by atoms with Crippen LogP contribution in [0.4, 0.5) is 0 Å². The molecule has 21 heavy (non-hydrogen) atoms. The average Bonchev–Trinajstić information content (AvgIpc) is 2.48. The SMILES string of the molecule is O=C(O)[C@@H]1CC=CC[C@@]12CCCN(Cc1ccccc1)C2. The van der Waals surface area contributed by atoms with Crippen molar-refractivity contribution >= 4 is 5.97 Å². The summed E-state index contributed by atoms with van der Waals surface area (Å²) in [5.74, 6) is -0.845. The summed E-state index contributed by atoms with van der Waals surface area (Å²) in [4.78, 5) is 14.1. The zero-order valence-corrected chi connectivity index (χ0v) is 12.4. The van der Waals surface area contributed by atoms with Crippen molar-refractivity contribution in [3.05, 3.63) is 48.0 Å². The summed E-state index contributed by atoms with van der Waals surface area (Å²) in [5, 5.41) is 9.58. The van der Waals surface area contributed by atoms with Crippen molar-refractivity contribution in [2.24, 2.45) is 11.3 Å². The van der Waals surface area contributed by atoms with E-state index in [2.05, 4.69) is 35.2 Å². The van der Waals surface area contributed by atoms with Gasteiger partial charge in [-0.3, -0.25) is 9.69 Å². The van der Waals surface area contributed by atoms with Crippen LogP contribution in [-0.4, -0.2) is 29.1 Å². The van der Waals surface area contributed by atoms with Gasteiger partial charge in [-0.15, -0.1) is 0 Å². The molecule has 2 atom stereocenters. The van der Waals surface area contributed by atoms with Crippen LogP contribution in [0.2, 0.25) is 0 Å². The highest BCUT2D eigenvalue weighted by Gasteiger charge is 2.45. The number of hydrogen-bond donors (Lipinski definition) is 1. The number of carboxylic acid groups (broad SMARTS) is 1. The Morgan fingerprint density at radius 2 is 2.10 bits per heavy atom. The molecule has 1 N–H and O–H groups in total. The number of allylic oxidation sites excluding steroid dienone is 2. The zero-order valence-electron chi connectivity index (χ0n) is 12.4.